The summed E-state index contributed by atoms with van der Waals surface area (Å²) in [6.45, 7) is 0. The first-order chi connectivity index (χ1) is 41.6. The maximum atomic E-state index is 14.6. The Morgan fingerprint density at radius 3 is 0.357 bits per heavy atom. The van der Waals surface area contributed by atoms with Crippen molar-refractivity contribution >= 4 is 8.24 Å². The van der Waals surface area contributed by atoms with E-state index in [9.17, 15) is 250 Å². The van der Waals surface area contributed by atoms with Crippen LogP contribution >= 0.6 is 0 Å². The summed E-state index contributed by atoms with van der Waals surface area (Å²) >= 11 is 0. The Morgan fingerprint density at radius 2 is 0.245 bits per heavy atom. The van der Waals surface area contributed by atoms with Gasteiger partial charge in [-0.3, -0.25) is 0 Å². The first-order valence-electron chi connectivity index (χ1n) is 23.7. The Balaban J connectivity index is 7.63. The van der Waals surface area contributed by atoms with Crippen molar-refractivity contribution in [2.24, 2.45) is 5.40 Å². The molecule has 59 heteroatoms. The number of rotatable bonds is 36. The van der Waals surface area contributed by atoms with E-state index in [4.69, 9.17) is 5.40 Å². The van der Waals surface area contributed by atoms with E-state index in [0.29, 0.717) is 0 Å². The van der Waals surface area contributed by atoms with Crippen LogP contribution in [0, 0.1) is 0 Å². The summed E-state index contributed by atoms with van der Waals surface area (Å²) < 4.78 is 783. The van der Waals surface area contributed by atoms with Crippen LogP contribution in [-0.4, -0.2) is 169 Å². The summed E-state index contributed by atoms with van der Waals surface area (Å²) in [4.78, 5) is 0. The van der Waals surface area contributed by atoms with Gasteiger partial charge in [0.05, 0.1) is 0 Å². The van der Waals surface area contributed by atoms with Gasteiger partial charge in [-0.15, -0.1) is 0 Å². The van der Waals surface area contributed by atoms with Crippen molar-refractivity contribution in [1.29, 1.82) is 0 Å². The molecule has 98 heavy (non-hydrogen) atoms. The molecule has 0 aromatic carbocycles. The second-order valence-corrected chi connectivity index (χ2v) is 24.9. The van der Waals surface area contributed by atoms with E-state index in [1.54, 1.807) is 0 Å². The lowest BCUT2D eigenvalue weighted by Crippen LogP contribution is -2.75. The lowest BCUT2D eigenvalue weighted by molar-refractivity contribution is -0.468. The Bertz CT molecular complexity index is 2400. The SMILES string of the molecule is N[Si](CCCCC(F)(F)C(F)(F)C(F)(F)C(F)(F)C(F)(F)C(F)(F)C(F)(F)C(F)(F)C(F)(F)F)(CCCCC(F)(F)C(F)(F)C(F)(F)C(F)(F)C(F)(F)C(F)(F)C(F)(F)C(F)(F)C(F)(F)F)CCCCC(F)(F)C(F)(F)C(F)(F)C(F)(F)C(F)(F)C(F)(F)C(F)(F)C(F)(F)C(F)(F)F. The van der Waals surface area contributed by atoms with E-state index in [-0.39, 0.29) is 0 Å². The van der Waals surface area contributed by atoms with Crippen molar-refractivity contribution in [1.82, 2.24) is 0 Å². The molecular weight excluding hydrogens is 1590 g/mol. The van der Waals surface area contributed by atoms with Crippen LogP contribution in [0.2, 0.25) is 18.1 Å². The van der Waals surface area contributed by atoms with Gasteiger partial charge in [-0.25, -0.2) is 0 Å². The molecule has 0 saturated heterocycles. The maximum absolute atomic E-state index is 14.6. The lowest BCUT2D eigenvalue weighted by atomic mass is 9.86. The first kappa shape index (κ1) is 94.2. The van der Waals surface area contributed by atoms with E-state index in [1.807, 2.05) is 0 Å². The lowest BCUT2D eigenvalue weighted by Gasteiger charge is -2.43. The Labute approximate surface area is 501 Å². The van der Waals surface area contributed by atoms with E-state index in [0.717, 1.165) is 0 Å². The van der Waals surface area contributed by atoms with Crippen molar-refractivity contribution in [3.63, 3.8) is 0 Å². The molecule has 0 atom stereocenters. The predicted octanol–water partition coefficient (Wildman–Crippen LogP) is 22.3. The van der Waals surface area contributed by atoms with Crippen molar-refractivity contribution in [2.75, 3.05) is 0 Å². The highest BCUT2D eigenvalue weighted by Gasteiger charge is 3.00. The third kappa shape index (κ3) is 13.4. The van der Waals surface area contributed by atoms with Crippen LogP contribution in [0.4, 0.5) is 250 Å². The van der Waals surface area contributed by atoms with Crippen LogP contribution < -0.4 is 5.40 Å². The summed E-state index contributed by atoms with van der Waals surface area (Å²) in [5, 5.41) is 5.58. The molecular formula is C39H26F57NSi. The fourth-order valence-corrected chi connectivity index (χ4v) is 11.1. The van der Waals surface area contributed by atoms with E-state index in [2.05, 4.69) is 0 Å². The van der Waals surface area contributed by atoms with Gasteiger partial charge in [-0.1, -0.05) is 19.3 Å². The average Bonchev–Trinajstić information content (AvgIpc) is 0.702. The fourth-order valence-electron chi connectivity index (χ4n) is 7.50. The summed E-state index contributed by atoms with van der Waals surface area (Å²) in [5.74, 6) is -216. The number of hydrogen-bond donors (Lipinski definition) is 1. The normalized spacial score (nSPS) is 17.0. The van der Waals surface area contributed by atoms with Gasteiger partial charge in [0.1, 0.15) is 8.24 Å². The van der Waals surface area contributed by atoms with Crippen molar-refractivity contribution in [3.8, 4) is 0 Å². The van der Waals surface area contributed by atoms with Crippen LogP contribution in [0.15, 0.2) is 0 Å². The number of halogens is 57. The van der Waals surface area contributed by atoms with Crippen LogP contribution in [0.25, 0.3) is 0 Å². The van der Waals surface area contributed by atoms with Gasteiger partial charge in [0.25, 0.3) is 0 Å². The van der Waals surface area contributed by atoms with Crippen molar-refractivity contribution < 1.29 is 250 Å². The highest BCUT2D eigenvalue weighted by atomic mass is 28.3. The molecule has 0 heterocycles. The first-order valence-corrected chi connectivity index (χ1v) is 26.4. The number of hydrogen-bond acceptors (Lipinski definition) is 1. The molecule has 0 unspecified atom stereocenters. The average molecular weight is 1620 g/mol. The summed E-state index contributed by atoms with van der Waals surface area (Å²) in [6, 6.07) is -5.78. The molecule has 0 radical (unpaired) electrons. The second kappa shape index (κ2) is 25.5. The molecule has 0 amide bonds. The minimum absolute atomic E-state index is 1.93. The molecule has 0 aliphatic rings. The van der Waals surface area contributed by atoms with Gasteiger partial charge in [-0.05, 0) is 37.4 Å². The van der Waals surface area contributed by atoms with Crippen molar-refractivity contribution in [3.05, 3.63) is 0 Å². The molecule has 2 N–H and O–H groups in total. The molecule has 0 aromatic heterocycles. The molecule has 0 fully saturated rings. The zero-order chi connectivity index (χ0) is 80.5. The topological polar surface area (TPSA) is 26.0 Å². The second-order valence-electron chi connectivity index (χ2n) is 20.7. The smallest absolute Gasteiger partial charge is 0.351 e. The Kier molecular flexibility index (Phi) is 24.5. The van der Waals surface area contributed by atoms with Crippen LogP contribution in [0.5, 0.6) is 0 Å². The summed E-state index contributed by atoms with van der Waals surface area (Å²) in [7, 11) is -5.44. The number of alkyl halides is 57. The van der Waals surface area contributed by atoms with E-state index < -0.39 is 245 Å². The quantitative estimate of drug-likeness (QED) is 0.0378. The van der Waals surface area contributed by atoms with Crippen LogP contribution in [0.3, 0.4) is 0 Å². The van der Waals surface area contributed by atoms with Gasteiger partial charge in [0.15, 0.2) is 0 Å². The molecule has 590 valence electrons. The maximum Gasteiger partial charge on any atom is 0.460 e. The molecule has 1 nitrogen and oxygen atoms in total. The third-order valence-electron chi connectivity index (χ3n) is 13.8. The van der Waals surface area contributed by atoms with E-state index >= 15 is 0 Å². The standard InChI is InChI=1S/C39H26F57NSi/c40-13(41,16(46,47)19(52,53)22(58,59)25(64,65)28(70,71)31(76,77)34(82,83)37(88,89)90)7-1-4-10-98(97,11-5-2-8-14(42,43)17(48,49)20(54,55)23(60,61)26(66,67)29(72,73)32(78,79)35(84,85)38(91,92)93)12-6-3-9-15(44,45)18(50,51)21(56,57)24(62,63)27(68,69)30(74,75)33(80,81)36(86,87)39(94,95)96/h1-12,97H2. The largest absolute Gasteiger partial charge is 0.460 e. The van der Waals surface area contributed by atoms with Gasteiger partial charge in [0, 0.05) is 19.3 Å². The highest BCUT2D eigenvalue weighted by Crippen LogP contribution is 2.70. The zero-order valence-corrected chi connectivity index (χ0v) is 45.6. The summed E-state index contributed by atoms with van der Waals surface area (Å²) in [6.07, 6.45) is -49.5. The van der Waals surface area contributed by atoms with Crippen LogP contribution in [-0.2, 0) is 0 Å². The third-order valence-corrected chi connectivity index (χ3v) is 17.8. The van der Waals surface area contributed by atoms with Gasteiger partial charge in [-0.2, -0.15) is 250 Å². The Morgan fingerprint density at radius 1 is 0.143 bits per heavy atom. The van der Waals surface area contributed by atoms with Gasteiger partial charge in [0.2, 0.25) is 0 Å². The zero-order valence-electron chi connectivity index (χ0n) is 44.6. The van der Waals surface area contributed by atoms with Gasteiger partial charge >= 0.3 is 161 Å². The van der Waals surface area contributed by atoms with Gasteiger partial charge < -0.3 is 5.40 Å². The fraction of sp³-hybridized carbons (Fsp3) is 1.00. The minimum atomic E-state index is -9.54. The number of nitrogens with two attached hydrogens (primary N) is 1. The van der Waals surface area contributed by atoms with E-state index in [1.165, 1.54) is 0 Å². The molecule has 0 saturated carbocycles. The molecule has 0 aliphatic carbocycles. The molecule has 0 spiro atoms. The minimum Gasteiger partial charge on any atom is -0.351 e. The highest BCUT2D eigenvalue weighted by molar-refractivity contribution is 6.76. The molecule has 0 bridgehead atoms. The molecule has 0 rings (SSSR count). The number of unbranched alkanes of at least 4 members (excludes halogenated alkanes) is 3. The molecule has 0 aromatic rings. The molecule has 0 aliphatic heterocycles. The Hall–Kier alpha value is -3.81. The van der Waals surface area contributed by atoms with Crippen LogP contribution in [0.1, 0.15) is 57.8 Å². The monoisotopic (exact) mass is 1620 g/mol. The van der Waals surface area contributed by atoms with Crippen molar-refractivity contribution in [2.45, 2.75) is 237 Å². The predicted molar refractivity (Wildman–Crippen MR) is 203 cm³/mol. The summed E-state index contributed by atoms with van der Waals surface area (Å²) in [5.41, 5.74) is 0.